The van der Waals surface area contributed by atoms with Crippen molar-refractivity contribution in [3.8, 4) is 17.2 Å². The van der Waals surface area contributed by atoms with Crippen molar-refractivity contribution in [2.75, 3.05) is 0 Å². The lowest BCUT2D eigenvalue weighted by molar-refractivity contribution is 1.11. The Hall–Kier alpha value is -2.90. The van der Waals surface area contributed by atoms with Crippen LogP contribution in [0.1, 0.15) is 5.56 Å². The highest BCUT2D eigenvalue weighted by Crippen LogP contribution is 2.28. The lowest BCUT2D eigenvalue weighted by atomic mass is 10.0. The van der Waals surface area contributed by atoms with E-state index in [9.17, 15) is 10.1 Å². The molecule has 0 aliphatic carbocycles. The second-order valence-electron chi connectivity index (χ2n) is 4.99. The Kier molecular flexibility index (Phi) is 2.81. The van der Waals surface area contributed by atoms with Gasteiger partial charge < -0.3 is 0 Å². The molecule has 0 spiro atoms. The van der Waals surface area contributed by atoms with Gasteiger partial charge >= 0.3 is 0 Å². The molecule has 0 bridgehead atoms. The maximum atomic E-state index is 12.8. The molecular formula is C18H10N2OS. The number of hydrogen-bond acceptors (Lipinski definition) is 3. The Labute approximate surface area is 130 Å². The summed E-state index contributed by atoms with van der Waals surface area (Å²) in [6, 6.07) is 17.3. The van der Waals surface area contributed by atoms with Gasteiger partial charge in [0.25, 0.3) is 5.56 Å². The van der Waals surface area contributed by atoms with E-state index >= 15 is 0 Å². The summed E-state index contributed by atoms with van der Waals surface area (Å²) in [4.78, 5) is 12.8. The zero-order valence-corrected chi connectivity index (χ0v) is 12.3. The minimum Gasteiger partial charge on any atom is -0.281 e. The van der Waals surface area contributed by atoms with Crippen molar-refractivity contribution in [2.24, 2.45) is 0 Å². The number of pyridine rings is 2. The minimum absolute atomic E-state index is 0.101. The van der Waals surface area contributed by atoms with Crippen LogP contribution in [0.15, 0.2) is 64.9 Å². The highest BCUT2D eigenvalue weighted by Gasteiger charge is 2.13. The van der Waals surface area contributed by atoms with Crippen LogP contribution in [-0.4, -0.2) is 4.40 Å². The smallest absolute Gasteiger partial charge is 0.263 e. The third-order valence-corrected chi connectivity index (χ3v) is 4.69. The molecule has 0 fully saturated rings. The fourth-order valence-electron chi connectivity index (χ4n) is 2.72. The van der Waals surface area contributed by atoms with E-state index < -0.39 is 0 Å². The first-order valence-corrected chi connectivity index (χ1v) is 7.68. The molecule has 0 atom stereocenters. The van der Waals surface area contributed by atoms with Gasteiger partial charge in [-0.1, -0.05) is 30.3 Å². The third kappa shape index (κ3) is 1.77. The lowest BCUT2D eigenvalue weighted by Gasteiger charge is -2.08. The molecule has 0 saturated carbocycles. The number of nitriles is 1. The van der Waals surface area contributed by atoms with Gasteiger partial charge in [0.2, 0.25) is 0 Å². The normalized spacial score (nSPS) is 10.9. The van der Waals surface area contributed by atoms with Gasteiger partial charge in [-0.05, 0) is 34.5 Å². The van der Waals surface area contributed by atoms with Gasteiger partial charge in [0.15, 0.2) is 0 Å². The number of benzene rings is 1. The SMILES string of the molecule is N#Cc1cc(-c2ccccc2)c(=O)n2ccc3ccsc3c12. The number of fused-ring (bicyclic) bond motifs is 3. The highest BCUT2D eigenvalue weighted by atomic mass is 32.1. The van der Waals surface area contributed by atoms with Crippen LogP contribution in [0.3, 0.4) is 0 Å². The summed E-state index contributed by atoms with van der Waals surface area (Å²) in [5.41, 5.74) is 2.48. The van der Waals surface area contributed by atoms with E-state index in [1.807, 2.05) is 47.8 Å². The van der Waals surface area contributed by atoms with Crippen LogP contribution in [0.5, 0.6) is 0 Å². The van der Waals surface area contributed by atoms with Crippen LogP contribution in [0.2, 0.25) is 0 Å². The topological polar surface area (TPSA) is 45.3 Å². The van der Waals surface area contributed by atoms with Gasteiger partial charge in [0.1, 0.15) is 6.07 Å². The van der Waals surface area contributed by atoms with Crippen LogP contribution in [0.25, 0.3) is 26.7 Å². The first kappa shape index (κ1) is 12.8. The first-order chi connectivity index (χ1) is 10.8. The molecule has 3 nitrogen and oxygen atoms in total. The lowest BCUT2D eigenvalue weighted by Crippen LogP contribution is -2.16. The van der Waals surface area contributed by atoms with Crippen molar-refractivity contribution < 1.29 is 0 Å². The summed E-state index contributed by atoms with van der Waals surface area (Å²) in [6.07, 6.45) is 1.75. The van der Waals surface area contributed by atoms with Gasteiger partial charge in [0, 0.05) is 11.8 Å². The van der Waals surface area contributed by atoms with E-state index in [1.165, 1.54) is 0 Å². The quantitative estimate of drug-likeness (QED) is 0.532. The molecule has 0 N–H and O–H groups in total. The largest absolute Gasteiger partial charge is 0.281 e. The average Bonchev–Trinajstić information content (AvgIpc) is 3.05. The predicted molar refractivity (Wildman–Crippen MR) is 89.2 cm³/mol. The second-order valence-corrected chi connectivity index (χ2v) is 5.91. The molecule has 0 amide bonds. The summed E-state index contributed by atoms with van der Waals surface area (Å²) < 4.78 is 2.55. The average molecular weight is 302 g/mol. The molecule has 4 aromatic rings. The van der Waals surface area contributed by atoms with Gasteiger partial charge in [-0.25, -0.2) is 0 Å². The number of aromatic nitrogens is 1. The van der Waals surface area contributed by atoms with E-state index in [-0.39, 0.29) is 5.56 Å². The molecule has 0 radical (unpaired) electrons. The van der Waals surface area contributed by atoms with Gasteiger partial charge in [-0.15, -0.1) is 11.3 Å². The van der Waals surface area contributed by atoms with Crippen molar-refractivity contribution in [3.05, 3.63) is 76.0 Å². The second kappa shape index (κ2) is 4.83. The van der Waals surface area contributed by atoms with Crippen molar-refractivity contribution in [1.82, 2.24) is 4.40 Å². The number of nitrogens with zero attached hydrogens (tertiary/aromatic N) is 2. The molecule has 22 heavy (non-hydrogen) atoms. The molecule has 3 heterocycles. The van der Waals surface area contributed by atoms with Gasteiger partial charge in [-0.3, -0.25) is 9.20 Å². The maximum absolute atomic E-state index is 12.8. The Bertz CT molecular complexity index is 1100. The highest BCUT2D eigenvalue weighted by molar-refractivity contribution is 7.18. The van der Waals surface area contributed by atoms with Crippen molar-refractivity contribution in [1.29, 1.82) is 5.26 Å². The Balaban J connectivity index is 2.20. The molecule has 104 valence electrons. The van der Waals surface area contributed by atoms with E-state index in [0.717, 1.165) is 15.6 Å². The third-order valence-electron chi connectivity index (χ3n) is 3.75. The predicted octanol–water partition coefficient (Wildman–Crippen LogP) is 4.05. The fourth-order valence-corrected chi connectivity index (χ4v) is 3.66. The molecule has 3 aromatic heterocycles. The first-order valence-electron chi connectivity index (χ1n) is 6.81. The van der Waals surface area contributed by atoms with Gasteiger partial charge in [0.05, 0.1) is 15.8 Å². The Morgan fingerprint density at radius 1 is 1.09 bits per heavy atom. The molecule has 0 unspecified atom stereocenters. The van der Waals surface area contributed by atoms with Crippen LogP contribution >= 0.6 is 11.3 Å². The summed E-state index contributed by atoms with van der Waals surface area (Å²) in [5, 5.41) is 12.6. The Morgan fingerprint density at radius 2 is 1.91 bits per heavy atom. The molecular weight excluding hydrogens is 292 g/mol. The zero-order valence-electron chi connectivity index (χ0n) is 11.5. The van der Waals surface area contributed by atoms with Gasteiger partial charge in [-0.2, -0.15) is 5.26 Å². The number of hydrogen-bond donors (Lipinski definition) is 0. The minimum atomic E-state index is -0.101. The van der Waals surface area contributed by atoms with Crippen LogP contribution in [0.4, 0.5) is 0 Å². The van der Waals surface area contributed by atoms with Crippen LogP contribution in [0, 0.1) is 11.3 Å². The standard InChI is InChI=1S/C18H10N2OS/c19-11-14-10-15(12-4-2-1-3-5-12)18(21)20-8-6-13-7-9-22-17(13)16(14)20/h1-10H. The van der Waals surface area contributed by atoms with Crippen molar-refractivity contribution in [3.63, 3.8) is 0 Å². The maximum Gasteiger partial charge on any atom is 0.263 e. The monoisotopic (exact) mass is 302 g/mol. The summed E-state index contributed by atoms with van der Waals surface area (Å²) in [7, 11) is 0. The van der Waals surface area contributed by atoms with Crippen molar-refractivity contribution >= 4 is 26.9 Å². The number of rotatable bonds is 1. The molecule has 0 aliphatic heterocycles. The summed E-state index contributed by atoms with van der Waals surface area (Å²) in [5.74, 6) is 0. The van der Waals surface area contributed by atoms with E-state index in [2.05, 4.69) is 6.07 Å². The fraction of sp³-hybridized carbons (Fsp3) is 0. The molecule has 4 rings (SSSR count). The molecule has 0 saturated heterocycles. The van der Waals surface area contributed by atoms with Crippen LogP contribution in [-0.2, 0) is 0 Å². The van der Waals surface area contributed by atoms with E-state index in [0.29, 0.717) is 16.6 Å². The number of thiophene rings is 1. The van der Waals surface area contributed by atoms with E-state index in [1.54, 1.807) is 28.0 Å². The van der Waals surface area contributed by atoms with Crippen LogP contribution < -0.4 is 5.56 Å². The summed E-state index contributed by atoms with van der Waals surface area (Å²) >= 11 is 1.55. The molecule has 0 aliphatic rings. The molecule has 4 heteroatoms. The summed E-state index contributed by atoms with van der Waals surface area (Å²) in [6.45, 7) is 0. The Morgan fingerprint density at radius 3 is 2.68 bits per heavy atom. The van der Waals surface area contributed by atoms with Crippen molar-refractivity contribution in [2.45, 2.75) is 0 Å². The molecule has 1 aromatic carbocycles. The van der Waals surface area contributed by atoms with E-state index in [4.69, 9.17) is 0 Å². The zero-order chi connectivity index (χ0) is 15.1.